The van der Waals surface area contributed by atoms with Crippen LogP contribution in [0.4, 0.5) is 0 Å². The fourth-order valence-corrected chi connectivity index (χ4v) is 3.96. The molecule has 0 unspecified atom stereocenters. The first-order chi connectivity index (χ1) is 9.90. The van der Waals surface area contributed by atoms with Crippen LogP contribution in [0, 0.1) is 11.8 Å². The molecule has 0 heterocycles. The molecular formula is C18H33NO. The molecule has 0 aliphatic heterocycles. The van der Waals surface area contributed by atoms with E-state index in [0.29, 0.717) is 0 Å². The van der Waals surface area contributed by atoms with Crippen LogP contribution in [0.25, 0.3) is 0 Å². The van der Waals surface area contributed by atoms with Gasteiger partial charge in [0, 0.05) is 25.3 Å². The topological polar surface area (TPSA) is 21.3 Å². The highest BCUT2D eigenvalue weighted by molar-refractivity contribution is 4.82. The van der Waals surface area contributed by atoms with Crippen LogP contribution in [0.1, 0.15) is 77.0 Å². The summed E-state index contributed by atoms with van der Waals surface area (Å²) in [5.41, 5.74) is 0. The van der Waals surface area contributed by atoms with Gasteiger partial charge in [0.05, 0.1) is 0 Å². The summed E-state index contributed by atoms with van der Waals surface area (Å²) >= 11 is 0. The molecule has 3 saturated carbocycles. The van der Waals surface area contributed by atoms with E-state index >= 15 is 0 Å². The van der Waals surface area contributed by atoms with Crippen molar-refractivity contribution in [3.63, 3.8) is 0 Å². The molecule has 0 radical (unpaired) electrons. The molecule has 0 bridgehead atoms. The third-order valence-corrected chi connectivity index (χ3v) is 5.58. The van der Waals surface area contributed by atoms with E-state index in [9.17, 15) is 0 Å². The molecule has 0 aromatic heterocycles. The number of ether oxygens (including phenoxy) is 1. The van der Waals surface area contributed by atoms with Crippen molar-refractivity contribution in [3.8, 4) is 0 Å². The average Bonchev–Trinajstić information content (AvgIpc) is 3.28. The Balaban J connectivity index is 1.28. The van der Waals surface area contributed by atoms with Crippen molar-refractivity contribution in [2.24, 2.45) is 11.8 Å². The van der Waals surface area contributed by atoms with Gasteiger partial charge in [-0.05, 0) is 63.2 Å². The minimum absolute atomic E-state index is 0.804. The number of hydrogen-bond acceptors (Lipinski definition) is 2. The van der Waals surface area contributed by atoms with Crippen molar-refractivity contribution in [1.82, 2.24) is 5.32 Å². The molecule has 116 valence electrons. The molecule has 0 amide bonds. The number of nitrogens with one attached hydrogen (secondary N) is 1. The van der Waals surface area contributed by atoms with Gasteiger partial charge < -0.3 is 10.1 Å². The summed E-state index contributed by atoms with van der Waals surface area (Å²) in [4.78, 5) is 0. The Hall–Kier alpha value is -0.0800. The Bertz CT molecular complexity index is 261. The van der Waals surface area contributed by atoms with Gasteiger partial charge in [0.2, 0.25) is 0 Å². The second-order valence-corrected chi connectivity index (χ2v) is 7.55. The Morgan fingerprint density at radius 1 is 0.600 bits per heavy atom. The van der Waals surface area contributed by atoms with Crippen molar-refractivity contribution in [1.29, 1.82) is 0 Å². The molecule has 1 N–H and O–H groups in total. The molecule has 0 atom stereocenters. The zero-order valence-corrected chi connectivity index (χ0v) is 13.1. The van der Waals surface area contributed by atoms with Gasteiger partial charge in [-0.1, -0.05) is 25.7 Å². The van der Waals surface area contributed by atoms with Gasteiger partial charge in [-0.25, -0.2) is 0 Å². The van der Waals surface area contributed by atoms with E-state index in [4.69, 9.17) is 4.74 Å². The van der Waals surface area contributed by atoms with Gasteiger partial charge in [0.25, 0.3) is 0 Å². The van der Waals surface area contributed by atoms with Crippen LogP contribution < -0.4 is 5.32 Å². The summed E-state index contributed by atoms with van der Waals surface area (Å²) in [5.74, 6) is 1.77. The molecular weight excluding hydrogens is 246 g/mol. The summed E-state index contributed by atoms with van der Waals surface area (Å²) < 4.78 is 5.88. The molecule has 3 aliphatic rings. The van der Waals surface area contributed by atoms with Gasteiger partial charge in [-0.2, -0.15) is 0 Å². The zero-order valence-electron chi connectivity index (χ0n) is 13.1. The van der Waals surface area contributed by atoms with Crippen LogP contribution in [0.15, 0.2) is 0 Å². The van der Waals surface area contributed by atoms with Crippen LogP contribution in [-0.2, 0) is 4.74 Å². The highest BCUT2D eigenvalue weighted by atomic mass is 16.5. The minimum atomic E-state index is 0.804. The quantitative estimate of drug-likeness (QED) is 0.733. The van der Waals surface area contributed by atoms with Crippen molar-refractivity contribution < 1.29 is 4.74 Å². The lowest BCUT2D eigenvalue weighted by molar-refractivity contribution is 0.0732. The summed E-state index contributed by atoms with van der Waals surface area (Å²) in [6.07, 6.45) is 17.0. The molecule has 0 saturated heterocycles. The largest absolute Gasteiger partial charge is 0.381 e. The van der Waals surface area contributed by atoms with Crippen LogP contribution >= 0.6 is 0 Å². The first kappa shape index (κ1) is 14.8. The second kappa shape index (κ2) is 7.79. The molecule has 3 rings (SSSR count). The van der Waals surface area contributed by atoms with E-state index in [2.05, 4.69) is 5.32 Å². The fourth-order valence-electron chi connectivity index (χ4n) is 3.96. The molecule has 2 nitrogen and oxygen atoms in total. The molecule has 0 aromatic rings. The minimum Gasteiger partial charge on any atom is -0.381 e. The van der Waals surface area contributed by atoms with Crippen LogP contribution in [0.3, 0.4) is 0 Å². The Labute approximate surface area is 125 Å². The number of hydrogen-bond donors (Lipinski definition) is 1. The molecule has 20 heavy (non-hydrogen) atoms. The van der Waals surface area contributed by atoms with E-state index in [1.165, 1.54) is 77.0 Å². The third-order valence-electron chi connectivity index (χ3n) is 5.58. The third kappa shape index (κ3) is 5.04. The SMILES string of the molecule is C1CCCC(N[C@H]2CC[C@H](COCC3CC3)CC2)CC1. The van der Waals surface area contributed by atoms with Gasteiger partial charge in [0.1, 0.15) is 0 Å². The van der Waals surface area contributed by atoms with Crippen molar-refractivity contribution >= 4 is 0 Å². The standard InChI is InChI=1S/C18H33NO/c1-2-4-6-17(5-3-1)19-18-11-9-16(10-12-18)14-20-13-15-7-8-15/h15-19H,1-14H2/t16-,18-. The molecule has 3 fully saturated rings. The first-order valence-corrected chi connectivity index (χ1v) is 9.24. The smallest absolute Gasteiger partial charge is 0.0494 e. The molecule has 2 heteroatoms. The monoisotopic (exact) mass is 279 g/mol. The van der Waals surface area contributed by atoms with E-state index < -0.39 is 0 Å². The van der Waals surface area contributed by atoms with Gasteiger partial charge in [-0.15, -0.1) is 0 Å². The molecule has 0 spiro atoms. The fraction of sp³-hybridized carbons (Fsp3) is 1.00. The maximum Gasteiger partial charge on any atom is 0.0494 e. The highest BCUT2D eigenvalue weighted by Gasteiger charge is 2.25. The Morgan fingerprint density at radius 3 is 1.65 bits per heavy atom. The Morgan fingerprint density at radius 2 is 1.10 bits per heavy atom. The van der Waals surface area contributed by atoms with Gasteiger partial charge in [0.15, 0.2) is 0 Å². The number of rotatable bonds is 6. The predicted octanol–water partition coefficient (Wildman–Crippen LogP) is 4.28. The van der Waals surface area contributed by atoms with Crippen LogP contribution in [0.2, 0.25) is 0 Å². The van der Waals surface area contributed by atoms with E-state index in [1.54, 1.807) is 0 Å². The van der Waals surface area contributed by atoms with Gasteiger partial charge in [-0.3, -0.25) is 0 Å². The Kier molecular flexibility index (Phi) is 5.78. The molecule has 3 aliphatic carbocycles. The van der Waals surface area contributed by atoms with Crippen LogP contribution in [0.5, 0.6) is 0 Å². The maximum absolute atomic E-state index is 5.88. The lowest BCUT2D eigenvalue weighted by Gasteiger charge is -2.32. The van der Waals surface area contributed by atoms with Crippen molar-refractivity contribution in [2.75, 3.05) is 13.2 Å². The summed E-state index contributed by atoms with van der Waals surface area (Å²) in [6.45, 7) is 2.08. The maximum atomic E-state index is 5.88. The lowest BCUT2D eigenvalue weighted by Crippen LogP contribution is -2.40. The van der Waals surface area contributed by atoms with E-state index in [-0.39, 0.29) is 0 Å². The summed E-state index contributed by atoms with van der Waals surface area (Å²) in [5, 5.41) is 3.96. The van der Waals surface area contributed by atoms with E-state index in [1.807, 2.05) is 0 Å². The second-order valence-electron chi connectivity index (χ2n) is 7.55. The average molecular weight is 279 g/mol. The molecule has 0 aromatic carbocycles. The van der Waals surface area contributed by atoms with Crippen LogP contribution in [-0.4, -0.2) is 25.3 Å². The van der Waals surface area contributed by atoms with E-state index in [0.717, 1.165) is 37.1 Å². The first-order valence-electron chi connectivity index (χ1n) is 9.24. The normalized spacial score (nSPS) is 33.0. The van der Waals surface area contributed by atoms with Gasteiger partial charge >= 0.3 is 0 Å². The zero-order chi connectivity index (χ0) is 13.6. The van der Waals surface area contributed by atoms with Crippen molar-refractivity contribution in [2.45, 2.75) is 89.1 Å². The highest BCUT2D eigenvalue weighted by Crippen LogP contribution is 2.30. The predicted molar refractivity (Wildman–Crippen MR) is 83.9 cm³/mol. The summed E-state index contributed by atoms with van der Waals surface area (Å²) in [7, 11) is 0. The van der Waals surface area contributed by atoms with Crippen molar-refractivity contribution in [3.05, 3.63) is 0 Å². The lowest BCUT2D eigenvalue weighted by atomic mass is 9.86. The summed E-state index contributed by atoms with van der Waals surface area (Å²) in [6, 6.07) is 1.63.